The second-order valence-electron chi connectivity index (χ2n) is 2.82. The van der Waals surface area contributed by atoms with E-state index in [9.17, 15) is 4.79 Å². The van der Waals surface area contributed by atoms with Crippen LogP contribution in [-0.4, -0.2) is 36.0 Å². The van der Waals surface area contributed by atoms with Crippen LogP contribution in [0.1, 0.15) is 13.3 Å². The molecular formula is C8H12Cl2O3. The fourth-order valence-corrected chi connectivity index (χ4v) is 1.62. The highest BCUT2D eigenvalue weighted by atomic mass is 35.5. The smallest absolute Gasteiger partial charge is 0.244 e. The van der Waals surface area contributed by atoms with Crippen LogP contribution >= 0.6 is 23.2 Å². The zero-order chi connectivity index (χ0) is 9.90. The lowest BCUT2D eigenvalue weighted by atomic mass is 10.1. The Morgan fingerprint density at radius 2 is 2.08 bits per heavy atom. The summed E-state index contributed by atoms with van der Waals surface area (Å²) in [6, 6.07) is 0. The minimum atomic E-state index is -1.29. The van der Waals surface area contributed by atoms with Crippen LogP contribution in [0.3, 0.4) is 0 Å². The van der Waals surface area contributed by atoms with Crippen LogP contribution in [0.15, 0.2) is 0 Å². The minimum Gasteiger partial charge on any atom is -0.340 e. The Morgan fingerprint density at radius 3 is 2.46 bits per heavy atom. The first kappa shape index (κ1) is 11.2. The van der Waals surface area contributed by atoms with Crippen molar-refractivity contribution in [3.05, 3.63) is 0 Å². The van der Waals surface area contributed by atoms with Gasteiger partial charge in [-0.05, 0) is 6.42 Å². The van der Waals surface area contributed by atoms with Crippen LogP contribution < -0.4 is 0 Å². The van der Waals surface area contributed by atoms with Crippen molar-refractivity contribution in [2.24, 2.45) is 0 Å². The summed E-state index contributed by atoms with van der Waals surface area (Å²) >= 11 is 11.4. The van der Waals surface area contributed by atoms with Crippen molar-refractivity contribution in [3.63, 3.8) is 0 Å². The number of alkyl halides is 2. The standard InChI is InChI=1S/C8H12Cl2O3/c1-2-6(10)7(11)8(5-9)12-3-4-13-8/h6H,2-5H2,1H3. The second kappa shape index (κ2) is 4.60. The maximum atomic E-state index is 11.7. The fourth-order valence-electron chi connectivity index (χ4n) is 1.16. The average molecular weight is 227 g/mol. The number of halogens is 2. The van der Waals surface area contributed by atoms with E-state index in [1.54, 1.807) is 0 Å². The number of ether oxygens (including phenoxy) is 2. The molecule has 1 aliphatic rings. The van der Waals surface area contributed by atoms with Gasteiger partial charge in [-0.15, -0.1) is 23.2 Å². The molecule has 0 amide bonds. The predicted molar refractivity (Wildman–Crippen MR) is 50.3 cm³/mol. The molecule has 0 aromatic rings. The number of hydrogen-bond acceptors (Lipinski definition) is 3. The van der Waals surface area contributed by atoms with Crippen molar-refractivity contribution in [3.8, 4) is 0 Å². The lowest BCUT2D eigenvalue weighted by molar-refractivity contribution is -0.172. The van der Waals surface area contributed by atoms with Crippen LogP contribution in [0.25, 0.3) is 0 Å². The Hall–Kier alpha value is 0.170. The van der Waals surface area contributed by atoms with Crippen molar-refractivity contribution in [2.75, 3.05) is 19.1 Å². The molecule has 0 radical (unpaired) electrons. The molecular weight excluding hydrogens is 215 g/mol. The van der Waals surface area contributed by atoms with E-state index in [4.69, 9.17) is 32.7 Å². The van der Waals surface area contributed by atoms with Gasteiger partial charge < -0.3 is 9.47 Å². The lowest BCUT2D eigenvalue weighted by Gasteiger charge is -2.24. The third-order valence-electron chi connectivity index (χ3n) is 1.95. The van der Waals surface area contributed by atoms with Crippen LogP contribution in [0.5, 0.6) is 0 Å². The van der Waals surface area contributed by atoms with E-state index < -0.39 is 11.2 Å². The number of carbonyl (C=O) groups is 1. The van der Waals surface area contributed by atoms with Gasteiger partial charge in [0.25, 0.3) is 0 Å². The van der Waals surface area contributed by atoms with Crippen molar-refractivity contribution < 1.29 is 14.3 Å². The molecule has 13 heavy (non-hydrogen) atoms. The van der Waals surface area contributed by atoms with E-state index in [-0.39, 0.29) is 11.7 Å². The minimum absolute atomic E-state index is 0.00491. The first-order chi connectivity index (χ1) is 6.16. The molecule has 1 fully saturated rings. The van der Waals surface area contributed by atoms with Gasteiger partial charge in [-0.3, -0.25) is 4.79 Å². The number of rotatable bonds is 4. The zero-order valence-corrected chi connectivity index (χ0v) is 8.90. The Bertz CT molecular complexity index is 190. The van der Waals surface area contributed by atoms with Gasteiger partial charge in [0.15, 0.2) is 0 Å². The molecule has 0 saturated carbocycles. The number of hydrogen-bond donors (Lipinski definition) is 0. The predicted octanol–water partition coefficient (Wildman–Crippen LogP) is 1.55. The molecule has 1 aliphatic heterocycles. The van der Waals surface area contributed by atoms with Gasteiger partial charge in [-0.1, -0.05) is 6.92 Å². The highest BCUT2D eigenvalue weighted by molar-refractivity contribution is 6.33. The molecule has 0 spiro atoms. The first-order valence-electron chi connectivity index (χ1n) is 4.18. The van der Waals surface area contributed by atoms with E-state index in [0.29, 0.717) is 19.6 Å². The molecule has 0 aromatic heterocycles. The third kappa shape index (κ3) is 2.15. The van der Waals surface area contributed by atoms with E-state index in [1.165, 1.54) is 0 Å². The summed E-state index contributed by atoms with van der Waals surface area (Å²) in [7, 11) is 0. The highest BCUT2D eigenvalue weighted by Crippen LogP contribution is 2.26. The van der Waals surface area contributed by atoms with Gasteiger partial charge >= 0.3 is 0 Å². The molecule has 1 saturated heterocycles. The molecule has 1 atom stereocenters. The maximum Gasteiger partial charge on any atom is 0.244 e. The first-order valence-corrected chi connectivity index (χ1v) is 5.15. The average Bonchev–Trinajstić information content (AvgIpc) is 2.65. The summed E-state index contributed by atoms with van der Waals surface area (Å²) in [4.78, 5) is 11.7. The van der Waals surface area contributed by atoms with Crippen molar-refractivity contribution in [2.45, 2.75) is 24.5 Å². The molecule has 0 aromatic carbocycles. The normalized spacial score (nSPS) is 23.0. The maximum absolute atomic E-state index is 11.7. The summed E-state index contributed by atoms with van der Waals surface area (Å²) in [5, 5.41) is -0.586. The fraction of sp³-hybridized carbons (Fsp3) is 0.875. The Labute approximate surface area is 87.3 Å². The van der Waals surface area contributed by atoms with Crippen molar-refractivity contribution in [1.82, 2.24) is 0 Å². The molecule has 1 heterocycles. The van der Waals surface area contributed by atoms with Crippen LogP contribution in [0.2, 0.25) is 0 Å². The third-order valence-corrected chi connectivity index (χ3v) is 2.81. The highest BCUT2D eigenvalue weighted by Gasteiger charge is 2.45. The second-order valence-corrected chi connectivity index (χ2v) is 3.62. The quantitative estimate of drug-likeness (QED) is 0.683. The largest absolute Gasteiger partial charge is 0.340 e. The van der Waals surface area contributed by atoms with E-state index in [2.05, 4.69) is 0 Å². The topological polar surface area (TPSA) is 35.5 Å². The molecule has 3 nitrogen and oxygen atoms in total. The summed E-state index contributed by atoms with van der Waals surface area (Å²) in [6.07, 6.45) is 0.547. The molecule has 76 valence electrons. The summed E-state index contributed by atoms with van der Waals surface area (Å²) < 4.78 is 10.4. The number of Topliss-reactive ketones (excluding diaryl/α,β-unsaturated/α-hetero) is 1. The van der Waals surface area contributed by atoms with Gasteiger partial charge in [-0.25, -0.2) is 0 Å². The molecule has 1 unspecified atom stereocenters. The zero-order valence-electron chi connectivity index (χ0n) is 7.39. The molecule has 0 bridgehead atoms. The summed E-state index contributed by atoms with van der Waals surface area (Å²) in [5.41, 5.74) is 0. The van der Waals surface area contributed by atoms with Gasteiger partial charge in [0, 0.05) is 0 Å². The summed E-state index contributed by atoms with van der Waals surface area (Å²) in [5.74, 6) is -1.57. The Kier molecular flexibility index (Phi) is 3.98. The van der Waals surface area contributed by atoms with Crippen molar-refractivity contribution >= 4 is 29.0 Å². The van der Waals surface area contributed by atoms with E-state index >= 15 is 0 Å². The monoisotopic (exact) mass is 226 g/mol. The molecule has 0 aliphatic carbocycles. The Morgan fingerprint density at radius 1 is 1.54 bits per heavy atom. The van der Waals surface area contributed by atoms with Crippen LogP contribution in [0, 0.1) is 0 Å². The van der Waals surface area contributed by atoms with Gasteiger partial charge in [0.1, 0.15) is 0 Å². The Balaban J connectivity index is 2.70. The van der Waals surface area contributed by atoms with Crippen LogP contribution in [0.4, 0.5) is 0 Å². The SMILES string of the molecule is CCC(Cl)C(=O)C1(CCl)OCCO1. The van der Waals surface area contributed by atoms with Gasteiger partial charge in [0.2, 0.25) is 11.6 Å². The van der Waals surface area contributed by atoms with Crippen molar-refractivity contribution in [1.29, 1.82) is 0 Å². The van der Waals surface area contributed by atoms with Gasteiger partial charge in [0.05, 0.1) is 24.5 Å². The lowest BCUT2D eigenvalue weighted by Crippen LogP contribution is -2.46. The van der Waals surface area contributed by atoms with E-state index in [1.807, 2.05) is 6.92 Å². The number of ketones is 1. The molecule has 1 rings (SSSR count). The number of carbonyl (C=O) groups excluding carboxylic acids is 1. The molecule has 5 heteroatoms. The summed E-state index contributed by atoms with van der Waals surface area (Å²) in [6.45, 7) is 2.62. The van der Waals surface area contributed by atoms with E-state index in [0.717, 1.165) is 0 Å². The van der Waals surface area contributed by atoms with Gasteiger partial charge in [-0.2, -0.15) is 0 Å². The molecule has 0 N–H and O–H groups in total. The van der Waals surface area contributed by atoms with Crippen LogP contribution in [-0.2, 0) is 14.3 Å².